The number of rotatable bonds is 5. The van der Waals surface area contributed by atoms with Crippen molar-refractivity contribution in [1.82, 2.24) is 20.2 Å². The van der Waals surface area contributed by atoms with Crippen LogP contribution >= 0.6 is 11.8 Å². The van der Waals surface area contributed by atoms with Crippen LogP contribution in [0.15, 0.2) is 5.16 Å². The molecule has 6 heteroatoms. The molecular formula is C9H16N4OS. The zero-order valence-electron chi connectivity index (χ0n) is 9.05. The molecule has 15 heavy (non-hydrogen) atoms. The van der Waals surface area contributed by atoms with Gasteiger partial charge in [0.2, 0.25) is 5.16 Å². The summed E-state index contributed by atoms with van der Waals surface area (Å²) in [5, 5.41) is 22.1. The van der Waals surface area contributed by atoms with Crippen LogP contribution in [-0.4, -0.2) is 36.7 Å². The van der Waals surface area contributed by atoms with E-state index in [-0.39, 0.29) is 0 Å². The van der Waals surface area contributed by atoms with Crippen molar-refractivity contribution in [3.05, 3.63) is 0 Å². The fraction of sp³-hybridized carbons (Fsp3) is 0.889. The predicted octanol–water partition coefficient (Wildman–Crippen LogP) is 1.26. The quantitative estimate of drug-likeness (QED) is 0.769. The summed E-state index contributed by atoms with van der Waals surface area (Å²) in [6.45, 7) is 3.63. The smallest absolute Gasteiger partial charge is 0.209 e. The molecule has 0 saturated heterocycles. The number of aromatic nitrogens is 4. The van der Waals surface area contributed by atoms with Crippen LogP contribution in [0.5, 0.6) is 0 Å². The first kappa shape index (κ1) is 10.9. The van der Waals surface area contributed by atoms with E-state index in [1.165, 1.54) is 12.8 Å². The first-order valence-electron chi connectivity index (χ1n) is 5.19. The maximum Gasteiger partial charge on any atom is 0.209 e. The van der Waals surface area contributed by atoms with Crippen LogP contribution in [0.3, 0.4) is 0 Å². The van der Waals surface area contributed by atoms with E-state index < -0.39 is 5.60 Å². The second-order valence-corrected chi connectivity index (χ2v) is 5.61. The van der Waals surface area contributed by atoms with Crippen molar-refractivity contribution in [2.45, 2.75) is 49.9 Å². The lowest BCUT2D eigenvalue weighted by atomic mass is 10.1. The molecule has 0 spiro atoms. The van der Waals surface area contributed by atoms with Gasteiger partial charge in [0, 0.05) is 5.75 Å². The lowest BCUT2D eigenvalue weighted by molar-refractivity contribution is 0.0777. The van der Waals surface area contributed by atoms with E-state index in [0.29, 0.717) is 6.04 Å². The summed E-state index contributed by atoms with van der Waals surface area (Å²) in [6, 6.07) is 0.518. The summed E-state index contributed by atoms with van der Waals surface area (Å²) in [4.78, 5) is 0. The Morgan fingerprint density at radius 3 is 2.87 bits per heavy atom. The average Bonchev–Trinajstić information content (AvgIpc) is 2.86. The second-order valence-electron chi connectivity index (χ2n) is 4.55. The third kappa shape index (κ3) is 3.17. The molecule has 1 fully saturated rings. The number of thioether (sulfide) groups is 1. The van der Waals surface area contributed by atoms with Crippen molar-refractivity contribution >= 4 is 11.8 Å². The lowest BCUT2D eigenvalue weighted by Crippen LogP contribution is -2.19. The molecule has 1 aliphatic carbocycles. The molecule has 5 nitrogen and oxygen atoms in total. The minimum Gasteiger partial charge on any atom is -0.390 e. The van der Waals surface area contributed by atoms with Crippen LogP contribution in [0.2, 0.25) is 0 Å². The Labute approximate surface area is 93.2 Å². The van der Waals surface area contributed by atoms with Gasteiger partial charge in [-0.1, -0.05) is 11.8 Å². The SMILES string of the molecule is CC(C)(O)CCSc1nnnn1C1CC1. The normalized spacial score (nSPS) is 17.0. The highest BCUT2D eigenvalue weighted by Crippen LogP contribution is 2.36. The Morgan fingerprint density at radius 1 is 1.53 bits per heavy atom. The Balaban J connectivity index is 1.85. The van der Waals surface area contributed by atoms with Gasteiger partial charge in [0.25, 0.3) is 0 Å². The fourth-order valence-corrected chi connectivity index (χ4v) is 2.42. The maximum atomic E-state index is 9.57. The van der Waals surface area contributed by atoms with E-state index in [1.807, 2.05) is 18.5 Å². The summed E-state index contributed by atoms with van der Waals surface area (Å²) in [7, 11) is 0. The Kier molecular flexibility index (Phi) is 2.97. The number of aliphatic hydroxyl groups is 1. The maximum absolute atomic E-state index is 9.57. The molecule has 0 radical (unpaired) electrons. The van der Waals surface area contributed by atoms with Crippen LogP contribution in [-0.2, 0) is 0 Å². The van der Waals surface area contributed by atoms with E-state index in [0.717, 1.165) is 17.3 Å². The van der Waals surface area contributed by atoms with Crippen LogP contribution in [0.4, 0.5) is 0 Å². The van der Waals surface area contributed by atoms with Crippen LogP contribution in [0.25, 0.3) is 0 Å². The highest BCUT2D eigenvalue weighted by Gasteiger charge is 2.27. The zero-order valence-corrected chi connectivity index (χ0v) is 9.87. The van der Waals surface area contributed by atoms with Crippen molar-refractivity contribution in [2.75, 3.05) is 5.75 Å². The molecule has 0 amide bonds. The summed E-state index contributed by atoms with van der Waals surface area (Å²) < 4.78 is 1.90. The van der Waals surface area contributed by atoms with Crippen LogP contribution in [0, 0.1) is 0 Å². The third-order valence-electron chi connectivity index (χ3n) is 2.30. The van der Waals surface area contributed by atoms with E-state index in [2.05, 4.69) is 15.5 Å². The number of hydrogen-bond donors (Lipinski definition) is 1. The first-order valence-corrected chi connectivity index (χ1v) is 6.18. The highest BCUT2D eigenvalue weighted by molar-refractivity contribution is 7.99. The molecule has 0 unspecified atom stereocenters. The summed E-state index contributed by atoms with van der Waals surface area (Å²) >= 11 is 1.62. The highest BCUT2D eigenvalue weighted by atomic mass is 32.2. The van der Waals surface area contributed by atoms with Crippen LogP contribution in [0.1, 0.15) is 39.2 Å². The molecule has 0 aromatic carbocycles. The summed E-state index contributed by atoms with van der Waals surface area (Å²) in [6.07, 6.45) is 3.11. The molecule has 1 aromatic heterocycles. The van der Waals surface area contributed by atoms with E-state index in [1.54, 1.807) is 11.8 Å². The van der Waals surface area contributed by atoms with E-state index in [9.17, 15) is 5.11 Å². The van der Waals surface area contributed by atoms with Gasteiger partial charge in [0.05, 0.1) is 11.6 Å². The molecule has 2 rings (SSSR count). The fourth-order valence-electron chi connectivity index (χ4n) is 1.22. The Hall–Kier alpha value is -0.620. The van der Waals surface area contributed by atoms with Gasteiger partial charge in [-0.25, -0.2) is 4.68 Å². The van der Waals surface area contributed by atoms with E-state index >= 15 is 0 Å². The minimum atomic E-state index is -0.606. The van der Waals surface area contributed by atoms with E-state index in [4.69, 9.17) is 0 Å². The van der Waals surface area contributed by atoms with Crippen molar-refractivity contribution in [1.29, 1.82) is 0 Å². The molecule has 1 aromatic rings. The predicted molar refractivity (Wildman–Crippen MR) is 57.7 cm³/mol. The van der Waals surface area contributed by atoms with Crippen molar-refractivity contribution in [3.63, 3.8) is 0 Å². The molecular weight excluding hydrogens is 212 g/mol. The van der Waals surface area contributed by atoms with Crippen molar-refractivity contribution < 1.29 is 5.11 Å². The molecule has 1 heterocycles. The zero-order chi connectivity index (χ0) is 10.9. The number of nitrogens with zero attached hydrogens (tertiary/aromatic N) is 4. The summed E-state index contributed by atoms with van der Waals surface area (Å²) in [5.41, 5.74) is -0.606. The molecule has 84 valence electrons. The standard InChI is InChI=1S/C9H16N4OS/c1-9(2,14)5-6-15-8-10-11-12-13(8)7-3-4-7/h7,14H,3-6H2,1-2H3. The molecule has 0 bridgehead atoms. The molecule has 0 atom stereocenters. The second kappa shape index (κ2) is 4.09. The Bertz CT molecular complexity index is 329. The van der Waals surface area contributed by atoms with Gasteiger partial charge in [-0.15, -0.1) is 5.10 Å². The van der Waals surface area contributed by atoms with Gasteiger partial charge in [-0.2, -0.15) is 0 Å². The summed E-state index contributed by atoms with van der Waals surface area (Å²) in [5.74, 6) is 0.844. The molecule has 1 saturated carbocycles. The van der Waals surface area contributed by atoms with Gasteiger partial charge in [0.15, 0.2) is 0 Å². The monoisotopic (exact) mass is 228 g/mol. The average molecular weight is 228 g/mol. The lowest BCUT2D eigenvalue weighted by Gasteiger charge is -2.15. The molecule has 1 aliphatic rings. The molecule has 1 N–H and O–H groups in total. The van der Waals surface area contributed by atoms with Crippen molar-refractivity contribution in [2.24, 2.45) is 0 Å². The van der Waals surface area contributed by atoms with Gasteiger partial charge in [-0.3, -0.25) is 0 Å². The van der Waals surface area contributed by atoms with Crippen LogP contribution < -0.4 is 0 Å². The van der Waals surface area contributed by atoms with Gasteiger partial charge < -0.3 is 5.11 Å². The minimum absolute atomic E-state index is 0.518. The van der Waals surface area contributed by atoms with Gasteiger partial charge >= 0.3 is 0 Å². The number of tetrazole rings is 1. The largest absolute Gasteiger partial charge is 0.390 e. The van der Waals surface area contributed by atoms with Crippen molar-refractivity contribution in [3.8, 4) is 0 Å². The first-order chi connectivity index (χ1) is 7.06. The topological polar surface area (TPSA) is 63.8 Å². The number of hydrogen-bond acceptors (Lipinski definition) is 5. The van der Waals surface area contributed by atoms with Gasteiger partial charge in [-0.05, 0) is 43.5 Å². The Morgan fingerprint density at radius 2 is 2.27 bits per heavy atom. The molecule has 0 aliphatic heterocycles. The third-order valence-corrected chi connectivity index (χ3v) is 3.24. The van der Waals surface area contributed by atoms with Gasteiger partial charge in [0.1, 0.15) is 0 Å².